The van der Waals surface area contributed by atoms with E-state index >= 15 is 0 Å². The first-order valence-electron chi connectivity index (χ1n) is 7.13. The van der Waals surface area contributed by atoms with Gasteiger partial charge in [0.1, 0.15) is 11.8 Å². The van der Waals surface area contributed by atoms with Crippen molar-refractivity contribution in [3.8, 4) is 5.75 Å². The first-order valence-corrected chi connectivity index (χ1v) is 7.13. The minimum atomic E-state index is -0.480. The van der Waals surface area contributed by atoms with Gasteiger partial charge in [-0.3, -0.25) is 15.1 Å². The largest absolute Gasteiger partial charge is 0.508 e. The van der Waals surface area contributed by atoms with Gasteiger partial charge in [0.25, 0.3) is 0 Å². The van der Waals surface area contributed by atoms with E-state index in [-0.39, 0.29) is 17.8 Å². The number of carbonyl (C=O) groups is 1. The molecule has 0 amide bonds. The van der Waals surface area contributed by atoms with E-state index in [1.54, 1.807) is 30.5 Å². The van der Waals surface area contributed by atoms with Gasteiger partial charge in [0.15, 0.2) is 0 Å². The maximum atomic E-state index is 12.0. The Labute approximate surface area is 130 Å². The Balaban J connectivity index is 2.09. The fourth-order valence-electron chi connectivity index (χ4n) is 2.24. The molecule has 0 aliphatic heterocycles. The molecule has 0 radical (unpaired) electrons. The smallest absolute Gasteiger partial charge is 0.323 e. The lowest BCUT2D eigenvalue weighted by Crippen LogP contribution is -2.41. The second-order valence-electron chi connectivity index (χ2n) is 5.09. The van der Waals surface area contributed by atoms with Crippen LogP contribution in [0.2, 0.25) is 0 Å². The van der Waals surface area contributed by atoms with Crippen LogP contribution in [-0.4, -0.2) is 29.2 Å². The Hall–Kier alpha value is -2.40. The number of benzene rings is 1. The van der Waals surface area contributed by atoms with Gasteiger partial charge < -0.3 is 9.84 Å². The molecule has 0 unspecified atom stereocenters. The minimum absolute atomic E-state index is 0.0811. The second kappa shape index (κ2) is 7.56. The number of hydrogen-bond donors (Lipinski definition) is 2. The molecule has 0 spiro atoms. The summed E-state index contributed by atoms with van der Waals surface area (Å²) in [6.45, 7) is 1.95. The first kappa shape index (κ1) is 16.0. The van der Waals surface area contributed by atoms with Gasteiger partial charge in [0.2, 0.25) is 0 Å². The van der Waals surface area contributed by atoms with Crippen LogP contribution in [0, 0.1) is 0 Å². The number of aromatic hydroxyl groups is 1. The average molecular weight is 300 g/mol. The van der Waals surface area contributed by atoms with Gasteiger partial charge in [-0.05, 0) is 43.2 Å². The quantitative estimate of drug-likeness (QED) is 0.800. The molecule has 0 bridgehead atoms. The average Bonchev–Trinajstić information content (AvgIpc) is 2.56. The van der Waals surface area contributed by atoms with Crippen LogP contribution in [0.3, 0.4) is 0 Å². The zero-order valence-electron chi connectivity index (χ0n) is 12.7. The maximum absolute atomic E-state index is 12.0. The maximum Gasteiger partial charge on any atom is 0.323 e. The van der Waals surface area contributed by atoms with Crippen LogP contribution in [0.5, 0.6) is 5.75 Å². The third-order valence-electron chi connectivity index (χ3n) is 3.44. The molecule has 1 aromatic carbocycles. The van der Waals surface area contributed by atoms with Gasteiger partial charge in [-0.1, -0.05) is 18.2 Å². The zero-order valence-corrected chi connectivity index (χ0v) is 12.7. The lowest BCUT2D eigenvalue weighted by Gasteiger charge is -2.21. The minimum Gasteiger partial charge on any atom is -0.508 e. The number of pyridine rings is 1. The van der Waals surface area contributed by atoms with E-state index < -0.39 is 6.04 Å². The molecule has 1 heterocycles. The number of esters is 1. The molecular formula is C17H20N2O3. The SMILES string of the molecule is COC(=O)[C@H](Cc1ccc(O)cc1)N[C@H](C)c1ccccn1. The van der Waals surface area contributed by atoms with Gasteiger partial charge >= 0.3 is 5.97 Å². The highest BCUT2D eigenvalue weighted by molar-refractivity contribution is 5.76. The van der Waals surface area contributed by atoms with E-state index in [2.05, 4.69) is 10.3 Å². The van der Waals surface area contributed by atoms with Crippen molar-refractivity contribution >= 4 is 5.97 Å². The number of carbonyl (C=O) groups excluding carboxylic acids is 1. The van der Waals surface area contributed by atoms with Crippen molar-refractivity contribution in [2.45, 2.75) is 25.4 Å². The third-order valence-corrected chi connectivity index (χ3v) is 3.44. The molecule has 5 nitrogen and oxygen atoms in total. The molecule has 0 aliphatic rings. The molecule has 2 atom stereocenters. The Morgan fingerprint density at radius 2 is 2.00 bits per heavy atom. The molecule has 0 fully saturated rings. The van der Waals surface area contributed by atoms with Gasteiger partial charge in [-0.25, -0.2) is 0 Å². The van der Waals surface area contributed by atoms with Crippen LogP contribution in [0.4, 0.5) is 0 Å². The lowest BCUT2D eigenvalue weighted by atomic mass is 10.0. The molecule has 116 valence electrons. The molecule has 0 aliphatic carbocycles. The van der Waals surface area contributed by atoms with Crippen LogP contribution in [-0.2, 0) is 16.0 Å². The zero-order chi connectivity index (χ0) is 15.9. The number of rotatable bonds is 6. The number of hydrogen-bond acceptors (Lipinski definition) is 5. The summed E-state index contributed by atoms with van der Waals surface area (Å²) >= 11 is 0. The summed E-state index contributed by atoms with van der Waals surface area (Å²) in [5.41, 5.74) is 1.80. The van der Waals surface area contributed by atoms with E-state index in [0.29, 0.717) is 6.42 Å². The Morgan fingerprint density at radius 1 is 1.27 bits per heavy atom. The number of ether oxygens (including phenoxy) is 1. The predicted molar refractivity (Wildman–Crippen MR) is 83.4 cm³/mol. The van der Waals surface area contributed by atoms with Gasteiger partial charge in [0.05, 0.1) is 12.8 Å². The summed E-state index contributed by atoms with van der Waals surface area (Å²) in [5, 5.41) is 12.6. The van der Waals surface area contributed by atoms with Crippen LogP contribution in [0.1, 0.15) is 24.2 Å². The highest BCUT2D eigenvalue weighted by atomic mass is 16.5. The highest BCUT2D eigenvalue weighted by Gasteiger charge is 2.22. The van der Waals surface area contributed by atoms with Crippen LogP contribution in [0.25, 0.3) is 0 Å². The van der Waals surface area contributed by atoms with Crippen molar-refractivity contribution in [1.29, 1.82) is 0 Å². The van der Waals surface area contributed by atoms with Crippen LogP contribution < -0.4 is 5.32 Å². The number of phenols is 1. The van der Waals surface area contributed by atoms with Crippen molar-refractivity contribution in [3.63, 3.8) is 0 Å². The lowest BCUT2D eigenvalue weighted by molar-refractivity contribution is -0.143. The molecular weight excluding hydrogens is 280 g/mol. The Bertz CT molecular complexity index is 599. The highest BCUT2D eigenvalue weighted by Crippen LogP contribution is 2.15. The molecule has 0 saturated heterocycles. The number of nitrogens with zero attached hydrogens (tertiary/aromatic N) is 1. The van der Waals surface area contributed by atoms with Crippen molar-refractivity contribution in [1.82, 2.24) is 10.3 Å². The second-order valence-corrected chi connectivity index (χ2v) is 5.09. The van der Waals surface area contributed by atoms with E-state index in [4.69, 9.17) is 4.74 Å². The summed E-state index contributed by atoms with van der Waals surface area (Å²) in [7, 11) is 1.37. The first-order chi connectivity index (χ1) is 10.6. The van der Waals surface area contributed by atoms with Crippen molar-refractivity contribution < 1.29 is 14.6 Å². The summed E-state index contributed by atoms with van der Waals surface area (Å²) < 4.78 is 4.87. The number of nitrogens with one attached hydrogen (secondary N) is 1. The number of phenolic OH excluding ortho intramolecular Hbond substituents is 1. The Kier molecular flexibility index (Phi) is 5.49. The van der Waals surface area contributed by atoms with Crippen molar-refractivity contribution in [2.24, 2.45) is 0 Å². The van der Waals surface area contributed by atoms with E-state index in [9.17, 15) is 9.90 Å². The molecule has 2 rings (SSSR count). The van der Waals surface area contributed by atoms with Crippen molar-refractivity contribution in [2.75, 3.05) is 7.11 Å². The summed E-state index contributed by atoms with van der Waals surface area (Å²) in [4.78, 5) is 16.3. The molecule has 2 aromatic rings. The molecule has 5 heteroatoms. The third kappa shape index (κ3) is 4.30. The summed E-state index contributed by atoms with van der Waals surface area (Å²) in [6.07, 6.45) is 2.20. The normalized spacial score (nSPS) is 13.4. The predicted octanol–water partition coefficient (Wildman–Crippen LogP) is 2.22. The van der Waals surface area contributed by atoms with Crippen LogP contribution in [0.15, 0.2) is 48.7 Å². The fourth-order valence-corrected chi connectivity index (χ4v) is 2.24. The molecule has 2 N–H and O–H groups in total. The van der Waals surface area contributed by atoms with Crippen molar-refractivity contribution in [3.05, 3.63) is 59.9 Å². The molecule has 22 heavy (non-hydrogen) atoms. The van der Waals surface area contributed by atoms with Gasteiger partial charge in [0, 0.05) is 12.2 Å². The topological polar surface area (TPSA) is 71.5 Å². The molecule has 1 aromatic heterocycles. The van der Waals surface area contributed by atoms with Crippen LogP contribution >= 0.6 is 0 Å². The monoisotopic (exact) mass is 300 g/mol. The van der Waals surface area contributed by atoms with E-state index in [0.717, 1.165) is 11.3 Å². The van der Waals surface area contributed by atoms with E-state index in [1.807, 2.05) is 25.1 Å². The fraction of sp³-hybridized carbons (Fsp3) is 0.294. The Morgan fingerprint density at radius 3 is 2.59 bits per heavy atom. The van der Waals surface area contributed by atoms with E-state index in [1.165, 1.54) is 7.11 Å². The standard InChI is InChI=1S/C17H20N2O3/c1-12(15-5-3-4-10-18-15)19-16(17(21)22-2)11-13-6-8-14(20)9-7-13/h3-10,12,16,19-20H,11H2,1-2H3/t12-,16+/m1/s1. The number of aromatic nitrogens is 1. The summed E-state index contributed by atoms with van der Waals surface area (Å²) in [5.74, 6) is -0.121. The van der Waals surface area contributed by atoms with Gasteiger partial charge in [-0.2, -0.15) is 0 Å². The molecule has 0 saturated carbocycles. The van der Waals surface area contributed by atoms with Gasteiger partial charge in [-0.15, -0.1) is 0 Å². The number of methoxy groups -OCH3 is 1. The summed E-state index contributed by atoms with van der Waals surface area (Å²) in [6, 6.07) is 11.9.